The van der Waals surface area contributed by atoms with Crippen molar-refractivity contribution in [3.8, 4) is 0 Å². The number of H-pyrrole nitrogens is 1. The van der Waals surface area contributed by atoms with E-state index in [2.05, 4.69) is 32.4 Å². The minimum absolute atomic E-state index is 0.0587. The fourth-order valence-corrected chi connectivity index (χ4v) is 2.31. The van der Waals surface area contributed by atoms with E-state index in [0.717, 1.165) is 22.7 Å². The number of nitrogens with one attached hydrogen (secondary N) is 2. The number of hydrogen-bond donors (Lipinski definition) is 3. The van der Waals surface area contributed by atoms with Gasteiger partial charge < -0.3 is 16.0 Å². The SMILES string of the molecule is CNc1ccc2[nH]c(C(CN)c3ccccc3)nc2n1. The second kappa shape index (κ2) is 5.30. The molecule has 5 nitrogen and oxygen atoms in total. The van der Waals surface area contributed by atoms with Crippen LogP contribution in [0.3, 0.4) is 0 Å². The van der Waals surface area contributed by atoms with Crippen LogP contribution in [0.15, 0.2) is 42.5 Å². The molecule has 5 heteroatoms. The summed E-state index contributed by atoms with van der Waals surface area (Å²) in [7, 11) is 1.84. The zero-order valence-electron chi connectivity index (χ0n) is 11.3. The third kappa shape index (κ3) is 2.23. The molecule has 0 fully saturated rings. The molecular formula is C15H17N5. The van der Waals surface area contributed by atoms with Crippen LogP contribution < -0.4 is 11.1 Å². The van der Waals surface area contributed by atoms with Gasteiger partial charge in [-0.2, -0.15) is 0 Å². The van der Waals surface area contributed by atoms with Gasteiger partial charge in [-0.05, 0) is 17.7 Å². The van der Waals surface area contributed by atoms with Crippen molar-refractivity contribution in [2.24, 2.45) is 5.73 Å². The quantitative estimate of drug-likeness (QED) is 0.676. The Morgan fingerprint density at radius 2 is 1.95 bits per heavy atom. The molecule has 0 radical (unpaired) electrons. The number of aromatic nitrogens is 3. The summed E-state index contributed by atoms with van der Waals surface area (Å²) in [6.45, 7) is 0.503. The van der Waals surface area contributed by atoms with Crippen molar-refractivity contribution < 1.29 is 0 Å². The van der Waals surface area contributed by atoms with E-state index in [4.69, 9.17) is 5.73 Å². The molecule has 0 saturated carbocycles. The molecular weight excluding hydrogens is 250 g/mol. The summed E-state index contributed by atoms with van der Waals surface area (Å²) in [5, 5.41) is 3.01. The number of aromatic amines is 1. The van der Waals surface area contributed by atoms with E-state index in [-0.39, 0.29) is 5.92 Å². The fourth-order valence-electron chi connectivity index (χ4n) is 2.31. The molecule has 0 saturated heterocycles. The molecule has 1 atom stereocenters. The maximum Gasteiger partial charge on any atom is 0.179 e. The molecule has 4 N–H and O–H groups in total. The molecule has 1 unspecified atom stereocenters. The van der Waals surface area contributed by atoms with Crippen LogP contribution in [0.25, 0.3) is 11.2 Å². The van der Waals surface area contributed by atoms with Crippen LogP contribution in [-0.4, -0.2) is 28.5 Å². The van der Waals surface area contributed by atoms with Crippen molar-refractivity contribution in [3.05, 3.63) is 53.9 Å². The van der Waals surface area contributed by atoms with Gasteiger partial charge >= 0.3 is 0 Å². The second-order valence-corrected chi connectivity index (χ2v) is 4.64. The van der Waals surface area contributed by atoms with Gasteiger partial charge in [0.15, 0.2) is 5.65 Å². The summed E-state index contributed by atoms with van der Waals surface area (Å²) in [4.78, 5) is 12.3. The molecule has 102 valence electrons. The van der Waals surface area contributed by atoms with Crippen LogP contribution in [0.5, 0.6) is 0 Å². The van der Waals surface area contributed by atoms with Crippen LogP contribution in [0.4, 0.5) is 5.82 Å². The first-order valence-corrected chi connectivity index (χ1v) is 6.61. The number of nitrogens with two attached hydrogens (primary N) is 1. The monoisotopic (exact) mass is 267 g/mol. The third-order valence-corrected chi connectivity index (χ3v) is 3.39. The van der Waals surface area contributed by atoms with Gasteiger partial charge in [-0.25, -0.2) is 9.97 Å². The lowest BCUT2D eigenvalue weighted by molar-refractivity contribution is 0.768. The van der Waals surface area contributed by atoms with Gasteiger partial charge in [-0.1, -0.05) is 30.3 Å². The Hall–Kier alpha value is -2.40. The van der Waals surface area contributed by atoms with Crippen LogP contribution >= 0.6 is 0 Å². The van der Waals surface area contributed by atoms with Crippen molar-refractivity contribution in [3.63, 3.8) is 0 Å². The van der Waals surface area contributed by atoms with Crippen LogP contribution in [-0.2, 0) is 0 Å². The predicted molar refractivity (Wildman–Crippen MR) is 80.8 cm³/mol. The summed E-state index contributed by atoms with van der Waals surface area (Å²) in [6, 6.07) is 14.0. The highest BCUT2D eigenvalue weighted by Gasteiger charge is 2.16. The van der Waals surface area contributed by atoms with Crippen molar-refractivity contribution in [1.29, 1.82) is 0 Å². The maximum absolute atomic E-state index is 5.92. The third-order valence-electron chi connectivity index (χ3n) is 3.39. The number of benzene rings is 1. The predicted octanol–water partition coefficient (Wildman–Crippen LogP) is 2.09. The van der Waals surface area contributed by atoms with Crippen molar-refractivity contribution in [2.45, 2.75) is 5.92 Å². The number of nitrogens with zero attached hydrogens (tertiary/aromatic N) is 2. The van der Waals surface area contributed by atoms with E-state index in [1.165, 1.54) is 0 Å². The Balaban J connectivity index is 2.04. The number of rotatable bonds is 4. The van der Waals surface area contributed by atoms with Gasteiger partial charge in [-0.15, -0.1) is 0 Å². The number of hydrogen-bond acceptors (Lipinski definition) is 4. The molecule has 0 amide bonds. The van der Waals surface area contributed by atoms with E-state index in [1.807, 2.05) is 37.4 Å². The van der Waals surface area contributed by atoms with Gasteiger partial charge in [0.1, 0.15) is 11.6 Å². The Kier molecular flexibility index (Phi) is 3.35. The molecule has 20 heavy (non-hydrogen) atoms. The standard InChI is InChI=1S/C15H17N5/c1-17-13-8-7-12-15(19-13)20-14(18-12)11(9-16)10-5-3-2-4-6-10/h2-8,11H,9,16H2,1H3,(H2,17,18,19,20). The number of pyridine rings is 1. The maximum atomic E-state index is 5.92. The highest BCUT2D eigenvalue weighted by molar-refractivity contribution is 5.73. The molecule has 2 aromatic heterocycles. The van der Waals surface area contributed by atoms with E-state index >= 15 is 0 Å². The Morgan fingerprint density at radius 3 is 2.65 bits per heavy atom. The minimum Gasteiger partial charge on any atom is -0.373 e. The normalized spacial score (nSPS) is 12.5. The van der Waals surface area contributed by atoms with Gasteiger partial charge in [0.05, 0.1) is 11.4 Å². The average molecular weight is 267 g/mol. The number of anilines is 1. The van der Waals surface area contributed by atoms with Crippen molar-refractivity contribution >= 4 is 17.0 Å². The smallest absolute Gasteiger partial charge is 0.179 e. The second-order valence-electron chi connectivity index (χ2n) is 4.64. The highest BCUT2D eigenvalue weighted by Crippen LogP contribution is 2.23. The average Bonchev–Trinajstić information content (AvgIpc) is 2.91. The van der Waals surface area contributed by atoms with E-state index in [9.17, 15) is 0 Å². The topological polar surface area (TPSA) is 79.6 Å². The highest BCUT2D eigenvalue weighted by atomic mass is 15.0. The Bertz CT molecular complexity index is 705. The first-order chi connectivity index (χ1) is 9.81. The van der Waals surface area contributed by atoms with Crippen molar-refractivity contribution in [1.82, 2.24) is 15.0 Å². The van der Waals surface area contributed by atoms with Crippen molar-refractivity contribution in [2.75, 3.05) is 18.9 Å². The summed E-state index contributed by atoms with van der Waals surface area (Å²) < 4.78 is 0. The first kappa shape index (κ1) is 12.6. The van der Waals surface area contributed by atoms with E-state index < -0.39 is 0 Å². The zero-order chi connectivity index (χ0) is 13.9. The fraction of sp³-hybridized carbons (Fsp3) is 0.200. The van der Waals surface area contributed by atoms with Gasteiger partial charge in [0.25, 0.3) is 0 Å². The molecule has 0 aliphatic carbocycles. The lowest BCUT2D eigenvalue weighted by atomic mass is 9.99. The lowest BCUT2D eigenvalue weighted by Crippen LogP contribution is -2.15. The molecule has 0 spiro atoms. The van der Waals surface area contributed by atoms with Gasteiger partial charge in [-0.3, -0.25) is 0 Å². The molecule has 3 aromatic rings. The van der Waals surface area contributed by atoms with Gasteiger partial charge in [0.2, 0.25) is 0 Å². The zero-order valence-corrected chi connectivity index (χ0v) is 11.3. The largest absolute Gasteiger partial charge is 0.373 e. The molecule has 0 aliphatic rings. The Labute approximate surface area is 117 Å². The summed E-state index contributed by atoms with van der Waals surface area (Å²) in [5.74, 6) is 1.72. The summed E-state index contributed by atoms with van der Waals surface area (Å²) in [5.41, 5.74) is 8.71. The van der Waals surface area contributed by atoms with Crippen LogP contribution in [0.2, 0.25) is 0 Å². The van der Waals surface area contributed by atoms with Crippen LogP contribution in [0, 0.1) is 0 Å². The van der Waals surface area contributed by atoms with E-state index in [0.29, 0.717) is 12.2 Å². The van der Waals surface area contributed by atoms with Gasteiger partial charge in [0, 0.05) is 13.6 Å². The van der Waals surface area contributed by atoms with Crippen LogP contribution in [0.1, 0.15) is 17.3 Å². The molecule has 3 rings (SSSR count). The molecule has 1 aromatic carbocycles. The minimum atomic E-state index is 0.0587. The summed E-state index contributed by atoms with van der Waals surface area (Å²) in [6.07, 6.45) is 0. The summed E-state index contributed by atoms with van der Waals surface area (Å²) >= 11 is 0. The number of imidazole rings is 1. The lowest BCUT2D eigenvalue weighted by Gasteiger charge is -2.11. The molecule has 2 heterocycles. The molecule has 0 bridgehead atoms. The van der Waals surface area contributed by atoms with E-state index in [1.54, 1.807) is 0 Å². The molecule has 0 aliphatic heterocycles. The number of fused-ring (bicyclic) bond motifs is 1. The first-order valence-electron chi connectivity index (χ1n) is 6.61. The Morgan fingerprint density at radius 1 is 1.15 bits per heavy atom.